The van der Waals surface area contributed by atoms with Crippen LogP contribution < -0.4 is 5.32 Å². The molecule has 0 radical (unpaired) electrons. The topological polar surface area (TPSA) is 93.0 Å². The highest BCUT2D eigenvalue weighted by Gasteiger charge is 2.28. The summed E-state index contributed by atoms with van der Waals surface area (Å²) in [5, 5.41) is 15.9. The van der Waals surface area contributed by atoms with Gasteiger partial charge >= 0.3 is 0 Å². The molecule has 1 unspecified atom stereocenters. The minimum Gasteiger partial charge on any atom is -0.352 e. The summed E-state index contributed by atoms with van der Waals surface area (Å²) in [7, 11) is 1.61. The van der Waals surface area contributed by atoms with E-state index in [0.717, 1.165) is 18.4 Å². The van der Waals surface area contributed by atoms with E-state index in [1.165, 1.54) is 9.70 Å². The van der Waals surface area contributed by atoms with E-state index >= 15 is 0 Å². The zero-order valence-electron chi connectivity index (χ0n) is 14.7. The molecule has 138 valence electrons. The molecular weight excluding hydrogens is 356 g/mol. The quantitative estimate of drug-likeness (QED) is 0.793. The lowest BCUT2D eigenvalue weighted by atomic mass is 10.2. The van der Waals surface area contributed by atoms with Gasteiger partial charge in [-0.3, -0.25) is 9.59 Å². The van der Waals surface area contributed by atoms with Crippen LogP contribution in [0.2, 0.25) is 5.02 Å². The number of nitrogens with zero attached hydrogens (tertiary/aromatic N) is 5. The third-order valence-corrected chi connectivity index (χ3v) is 4.43. The number of nitrogens with one attached hydrogen (secondary N) is 1. The van der Waals surface area contributed by atoms with Crippen LogP contribution in [0.1, 0.15) is 32.2 Å². The summed E-state index contributed by atoms with van der Waals surface area (Å²) in [6, 6.07) is 6.73. The van der Waals surface area contributed by atoms with Crippen LogP contribution in [0.15, 0.2) is 24.3 Å². The second-order valence-electron chi connectivity index (χ2n) is 6.40. The van der Waals surface area contributed by atoms with E-state index in [-0.39, 0.29) is 24.4 Å². The maximum atomic E-state index is 12.7. The molecule has 0 aliphatic heterocycles. The van der Waals surface area contributed by atoms with Crippen LogP contribution in [-0.4, -0.2) is 56.6 Å². The fraction of sp³-hybridized carbons (Fsp3) is 0.471. The Balaban J connectivity index is 1.68. The number of aromatic nitrogens is 4. The van der Waals surface area contributed by atoms with Crippen molar-refractivity contribution in [3.63, 3.8) is 0 Å². The third-order valence-electron chi connectivity index (χ3n) is 4.18. The zero-order valence-corrected chi connectivity index (χ0v) is 15.5. The Morgan fingerprint density at radius 1 is 1.35 bits per heavy atom. The Morgan fingerprint density at radius 3 is 2.65 bits per heavy atom. The summed E-state index contributed by atoms with van der Waals surface area (Å²) in [6.07, 6.45) is 2.51. The number of halogens is 1. The number of carbonyl (C=O) groups is 2. The molecule has 1 aliphatic carbocycles. The Labute approximate surface area is 156 Å². The zero-order chi connectivity index (χ0) is 18.7. The molecule has 1 aliphatic rings. The number of hydrogen-bond donors (Lipinski definition) is 1. The summed E-state index contributed by atoms with van der Waals surface area (Å²) in [6.45, 7) is 1.89. The molecule has 3 rings (SSSR count). The molecule has 0 bridgehead atoms. The first-order chi connectivity index (χ1) is 12.5. The van der Waals surface area contributed by atoms with Crippen LogP contribution >= 0.6 is 11.6 Å². The molecule has 1 heterocycles. The van der Waals surface area contributed by atoms with Gasteiger partial charge in [-0.25, -0.2) is 0 Å². The summed E-state index contributed by atoms with van der Waals surface area (Å²) >= 11 is 5.89. The average Bonchev–Trinajstić information content (AvgIpc) is 3.29. The molecule has 1 aromatic heterocycles. The molecule has 1 N–H and O–H groups in total. The summed E-state index contributed by atoms with van der Waals surface area (Å²) < 4.78 is 0. The van der Waals surface area contributed by atoms with Gasteiger partial charge in [0.15, 0.2) is 6.04 Å². The largest absolute Gasteiger partial charge is 0.352 e. The Kier molecular flexibility index (Phi) is 5.51. The van der Waals surface area contributed by atoms with Gasteiger partial charge < -0.3 is 10.2 Å². The van der Waals surface area contributed by atoms with Crippen molar-refractivity contribution in [2.24, 2.45) is 0 Å². The van der Waals surface area contributed by atoms with Crippen LogP contribution in [-0.2, 0) is 9.59 Å². The second kappa shape index (κ2) is 7.82. The van der Waals surface area contributed by atoms with Gasteiger partial charge in [0, 0.05) is 23.7 Å². The maximum Gasteiger partial charge on any atom is 0.249 e. The molecule has 2 amide bonds. The fourth-order valence-corrected chi connectivity index (χ4v) is 2.68. The van der Waals surface area contributed by atoms with Crippen LogP contribution in [0.25, 0.3) is 11.4 Å². The first-order valence-electron chi connectivity index (χ1n) is 8.57. The van der Waals surface area contributed by atoms with Crippen molar-refractivity contribution in [1.82, 2.24) is 30.4 Å². The summed E-state index contributed by atoms with van der Waals surface area (Å²) in [5.41, 5.74) is 0.764. The van der Waals surface area contributed by atoms with Gasteiger partial charge in [0.2, 0.25) is 17.6 Å². The van der Waals surface area contributed by atoms with E-state index in [1.807, 2.05) is 6.92 Å². The predicted octanol–water partition coefficient (Wildman–Crippen LogP) is 1.68. The number of likely N-dealkylation sites (N-methyl/N-ethyl adjacent to an activating group) is 1. The van der Waals surface area contributed by atoms with E-state index in [2.05, 4.69) is 20.7 Å². The van der Waals surface area contributed by atoms with Crippen LogP contribution in [0.5, 0.6) is 0 Å². The van der Waals surface area contributed by atoms with E-state index < -0.39 is 6.04 Å². The lowest BCUT2D eigenvalue weighted by Gasteiger charge is -2.21. The van der Waals surface area contributed by atoms with E-state index in [4.69, 9.17) is 11.6 Å². The van der Waals surface area contributed by atoms with Crippen molar-refractivity contribution in [1.29, 1.82) is 0 Å². The van der Waals surface area contributed by atoms with Crippen LogP contribution in [0, 0.1) is 0 Å². The van der Waals surface area contributed by atoms with Gasteiger partial charge in [-0.1, -0.05) is 18.5 Å². The van der Waals surface area contributed by atoms with E-state index in [9.17, 15) is 9.59 Å². The average molecular weight is 377 g/mol. The van der Waals surface area contributed by atoms with Gasteiger partial charge in [-0.05, 0) is 48.7 Å². The predicted molar refractivity (Wildman–Crippen MR) is 96.4 cm³/mol. The van der Waals surface area contributed by atoms with Gasteiger partial charge in [-0.15, -0.1) is 10.2 Å². The number of tetrazole rings is 1. The molecule has 1 fully saturated rings. The minimum absolute atomic E-state index is 0.0184. The lowest BCUT2D eigenvalue weighted by molar-refractivity contribution is -0.138. The maximum absolute atomic E-state index is 12.7. The van der Waals surface area contributed by atoms with Crippen molar-refractivity contribution in [3.8, 4) is 11.4 Å². The minimum atomic E-state index is -0.609. The third kappa shape index (κ3) is 4.37. The monoisotopic (exact) mass is 376 g/mol. The Bertz CT molecular complexity index is 787. The van der Waals surface area contributed by atoms with Crippen molar-refractivity contribution >= 4 is 23.4 Å². The van der Waals surface area contributed by atoms with Gasteiger partial charge in [-0.2, -0.15) is 4.80 Å². The summed E-state index contributed by atoms with van der Waals surface area (Å²) in [5.74, 6) is 0.0483. The van der Waals surface area contributed by atoms with Crippen LogP contribution in [0.3, 0.4) is 0 Å². The normalized spacial score (nSPS) is 14.7. The molecular formula is C17H21ClN6O2. The number of hydrogen-bond acceptors (Lipinski definition) is 5. The van der Waals surface area contributed by atoms with Crippen molar-refractivity contribution < 1.29 is 9.59 Å². The second-order valence-corrected chi connectivity index (χ2v) is 6.84. The van der Waals surface area contributed by atoms with Gasteiger partial charge in [0.1, 0.15) is 0 Å². The Hall–Kier alpha value is -2.48. The molecule has 0 spiro atoms. The summed E-state index contributed by atoms with van der Waals surface area (Å²) in [4.78, 5) is 27.3. The number of rotatable bonds is 7. The molecule has 1 aromatic carbocycles. The first-order valence-corrected chi connectivity index (χ1v) is 8.95. The highest BCUT2D eigenvalue weighted by molar-refractivity contribution is 6.30. The van der Waals surface area contributed by atoms with Gasteiger partial charge in [0.05, 0.1) is 6.54 Å². The Morgan fingerprint density at radius 2 is 2.04 bits per heavy atom. The number of benzene rings is 1. The smallest absolute Gasteiger partial charge is 0.249 e. The number of amides is 2. The SMILES string of the molecule is CCC(C(=O)N(C)CC(=O)NC1CC1)n1nnc(-c2ccc(Cl)cc2)n1. The molecule has 2 aromatic rings. The van der Waals surface area contributed by atoms with E-state index in [0.29, 0.717) is 17.3 Å². The lowest BCUT2D eigenvalue weighted by Crippen LogP contribution is -2.42. The molecule has 1 atom stereocenters. The highest BCUT2D eigenvalue weighted by atomic mass is 35.5. The molecule has 8 nitrogen and oxygen atoms in total. The van der Waals surface area contributed by atoms with Crippen molar-refractivity contribution in [2.45, 2.75) is 38.3 Å². The number of carbonyl (C=O) groups excluding carboxylic acids is 2. The fourth-order valence-electron chi connectivity index (χ4n) is 2.56. The standard InChI is InChI=1S/C17H21ClN6O2/c1-3-14(17(26)23(2)10-15(25)19-13-8-9-13)24-21-16(20-22-24)11-4-6-12(18)7-5-11/h4-7,13-14H,3,8-10H2,1-2H3,(H,19,25). The molecule has 26 heavy (non-hydrogen) atoms. The highest BCUT2D eigenvalue weighted by Crippen LogP contribution is 2.20. The first kappa shape index (κ1) is 18.3. The van der Waals surface area contributed by atoms with E-state index in [1.54, 1.807) is 31.3 Å². The van der Waals surface area contributed by atoms with Crippen LogP contribution in [0.4, 0.5) is 0 Å². The van der Waals surface area contributed by atoms with Crippen molar-refractivity contribution in [3.05, 3.63) is 29.3 Å². The molecule has 0 saturated heterocycles. The van der Waals surface area contributed by atoms with Gasteiger partial charge in [0.25, 0.3) is 0 Å². The van der Waals surface area contributed by atoms with Crippen molar-refractivity contribution in [2.75, 3.05) is 13.6 Å². The molecule has 9 heteroatoms. The molecule has 1 saturated carbocycles.